The minimum atomic E-state index is -0.985. The second-order valence-electron chi connectivity index (χ2n) is 3.14. The van der Waals surface area contributed by atoms with Gasteiger partial charge in [-0.15, -0.1) is 0 Å². The van der Waals surface area contributed by atoms with Crippen LogP contribution in [0, 0.1) is 0 Å². The first-order valence-corrected chi connectivity index (χ1v) is 5.65. The summed E-state index contributed by atoms with van der Waals surface area (Å²) in [6.07, 6.45) is 1.34. The molecule has 4 nitrogen and oxygen atoms in total. The highest BCUT2D eigenvalue weighted by Gasteiger charge is 2.05. The Labute approximate surface area is 100.0 Å². The second kappa shape index (κ2) is 4.49. The molecule has 0 bridgehead atoms. The summed E-state index contributed by atoms with van der Waals surface area (Å²) in [5, 5.41) is 9.59. The fourth-order valence-electron chi connectivity index (χ4n) is 1.38. The number of benzene rings is 1. The number of pyridine rings is 1. The number of carbonyl (C=O) groups is 1. The molecule has 0 saturated heterocycles. The highest BCUT2D eigenvalue weighted by atomic mass is 79.9. The van der Waals surface area contributed by atoms with Crippen LogP contribution >= 0.6 is 15.9 Å². The van der Waals surface area contributed by atoms with Gasteiger partial charge in [-0.05, 0) is 40.2 Å². The van der Waals surface area contributed by atoms with Crippen molar-refractivity contribution in [2.24, 2.45) is 0 Å². The van der Waals surface area contributed by atoms with Gasteiger partial charge < -0.3 is 9.84 Å². The fraction of sp³-hybridized carbons (Fsp3) is 0.0909. The number of hydrogen-bond acceptors (Lipinski definition) is 3. The molecular formula is C11H8BrNO3. The predicted molar refractivity (Wildman–Crippen MR) is 63.1 cm³/mol. The molecule has 5 heteroatoms. The smallest absolute Gasteiger partial charge is 0.337 e. The molecule has 2 rings (SSSR count). The van der Waals surface area contributed by atoms with Crippen LogP contribution in [0.3, 0.4) is 0 Å². The second-order valence-corrected chi connectivity index (χ2v) is 3.59. The summed E-state index contributed by atoms with van der Waals surface area (Å²) >= 11 is 3.16. The van der Waals surface area contributed by atoms with Crippen LogP contribution in [0.25, 0.3) is 10.9 Å². The summed E-state index contributed by atoms with van der Waals surface area (Å²) in [6, 6.07) is 6.91. The lowest BCUT2D eigenvalue weighted by Crippen LogP contribution is -1.97. The van der Waals surface area contributed by atoms with Crippen molar-refractivity contribution in [2.75, 3.05) is 5.52 Å². The molecule has 0 unspecified atom stereocenters. The standard InChI is InChI=1S/C11H8BrNO3/c12-6-16-9-1-2-10-7(4-9)3-8(5-13-10)11(14)15/h1-5H,6H2,(H,14,15). The zero-order chi connectivity index (χ0) is 11.5. The van der Waals surface area contributed by atoms with E-state index in [-0.39, 0.29) is 5.56 Å². The van der Waals surface area contributed by atoms with Gasteiger partial charge in [-0.3, -0.25) is 4.98 Å². The van der Waals surface area contributed by atoms with E-state index in [1.54, 1.807) is 24.3 Å². The molecule has 2 aromatic rings. The molecule has 0 fully saturated rings. The summed E-state index contributed by atoms with van der Waals surface area (Å²) in [7, 11) is 0. The van der Waals surface area contributed by atoms with Crippen LogP contribution in [0.4, 0.5) is 0 Å². The zero-order valence-electron chi connectivity index (χ0n) is 8.18. The Morgan fingerprint density at radius 2 is 2.25 bits per heavy atom. The van der Waals surface area contributed by atoms with Crippen LogP contribution in [0.5, 0.6) is 5.75 Å². The van der Waals surface area contributed by atoms with Crippen molar-refractivity contribution in [1.82, 2.24) is 4.98 Å². The molecule has 1 heterocycles. The van der Waals surface area contributed by atoms with Crippen molar-refractivity contribution in [2.45, 2.75) is 0 Å². The normalized spacial score (nSPS) is 10.3. The molecule has 0 saturated carbocycles. The predicted octanol–water partition coefficient (Wildman–Crippen LogP) is 2.66. The number of nitrogens with zero attached hydrogens (tertiary/aromatic N) is 1. The monoisotopic (exact) mass is 281 g/mol. The summed E-state index contributed by atoms with van der Waals surface area (Å²) in [5.74, 6) is -0.310. The van der Waals surface area contributed by atoms with Crippen LogP contribution in [-0.4, -0.2) is 21.6 Å². The lowest BCUT2D eigenvalue weighted by Gasteiger charge is -2.04. The van der Waals surface area contributed by atoms with Crippen molar-refractivity contribution in [3.05, 3.63) is 36.0 Å². The minimum Gasteiger partial charge on any atom is -0.482 e. The maximum absolute atomic E-state index is 10.8. The van der Waals surface area contributed by atoms with Crippen LogP contribution in [0.15, 0.2) is 30.5 Å². The first-order valence-electron chi connectivity index (χ1n) is 4.52. The third kappa shape index (κ3) is 2.14. The number of aromatic nitrogens is 1. The van der Waals surface area contributed by atoms with Crippen LogP contribution in [-0.2, 0) is 0 Å². The zero-order valence-corrected chi connectivity index (χ0v) is 9.77. The minimum absolute atomic E-state index is 0.170. The average Bonchev–Trinajstić information content (AvgIpc) is 2.28. The lowest BCUT2D eigenvalue weighted by molar-refractivity contribution is 0.0696. The number of ether oxygens (including phenoxy) is 1. The molecule has 0 atom stereocenters. The Morgan fingerprint density at radius 1 is 1.44 bits per heavy atom. The van der Waals surface area contributed by atoms with E-state index in [1.807, 2.05) is 0 Å². The van der Waals surface area contributed by atoms with Gasteiger partial charge in [0.2, 0.25) is 0 Å². The first-order chi connectivity index (χ1) is 7.70. The third-order valence-corrected chi connectivity index (χ3v) is 2.35. The van der Waals surface area contributed by atoms with Gasteiger partial charge >= 0.3 is 5.97 Å². The number of alkyl halides is 1. The molecule has 82 valence electrons. The van der Waals surface area contributed by atoms with E-state index in [0.717, 1.165) is 10.9 Å². The number of carboxylic acids is 1. The average molecular weight is 282 g/mol. The Balaban J connectivity index is 2.52. The van der Waals surface area contributed by atoms with Gasteiger partial charge in [-0.25, -0.2) is 4.79 Å². The molecule has 1 aromatic carbocycles. The fourth-order valence-corrected chi connectivity index (χ4v) is 1.64. The van der Waals surface area contributed by atoms with Crippen LogP contribution in [0.2, 0.25) is 0 Å². The van der Waals surface area contributed by atoms with Crippen LogP contribution < -0.4 is 4.74 Å². The van der Waals surface area contributed by atoms with E-state index in [4.69, 9.17) is 9.84 Å². The third-order valence-electron chi connectivity index (χ3n) is 2.12. The summed E-state index contributed by atoms with van der Waals surface area (Å²) in [5.41, 5.74) is 1.31. The van der Waals surface area contributed by atoms with Gasteiger partial charge in [0.25, 0.3) is 0 Å². The van der Waals surface area contributed by atoms with Crippen molar-refractivity contribution in [3.63, 3.8) is 0 Å². The number of aromatic carboxylic acids is 1. The van der Waals surface area contributed by atoms with Gasteiger partial charge in [0.15, 0.2) is 0 Å². The lowest BCUT2D eigenvalue weighted by atomic mass is 10.1. The van der Waals surface area contributed by atoms with E-state index in [1.165, 1.54) is 6.20 Å². The van der Waals surface area contributed by atoms with Crippen molar-refractivity contribution in [1.29, 1.82) is 0 Å². The number of fused-ring (bicyclic) bond motifs is 1. The molecular weight excluding hydrogens is 274 g/mol. The number of carboxylic acid groups (broad SMARTS) is 1. The maximum Gasteiger partial charge on any atom is 0.337 e. The molecule has 1 aromatic heterocycles. The summed E-state index contributed by atoms with van der Waals surface area (Å²) in [6.45, 7) is 0. The molecule has 0 aliphatic rings. The van der Waals surface area contributed by atoms with E-state index in [0.29, 0.717) is 11.3 Å². The molecule has 1 N–H and O–H groups in total. The molecule has 0 aliphatic carbocycles. The number of halogens is 1. The topological polar surface area (TPSA) is 59.4 Å². The molecule has 0 amide bonds. The van der Waals surface area contributed by atoms with Crippen molar-refractivity contribution in [3.8, 4) is 5.75 Å². The van der Waals surface area contributed by atoms with E-state index >= 15 is 0 Å². The molecule has 16 heavy (non-hydrogen) atoms. The van der Waals surface area contributed by atoms with E-state index in [2.05, 4.69) is 20.9 Å². The highest BCUT2D eigenvalue weighted by molar-refractivity contribution is 9.09. The Hall–Kier alpha value is -1.62. The van der Waals surface area contributed by atoms with Crippen molar-refractivity contribution < 1.29 is 14.6 Å². The largest absolute Gasteiger partial charge is 0.482 e. The Bertz CT molecular complexity index is 542. The Kier molecular flexibility index (Phi) is 3.05. The van der Waals surface area contributed by atoms with Gasteiger partial charge in [0, 0.05) is 11.6 Å². The molecule has 0 radical (unpaired) electrons. The summed E-state index contributed by atoms with van der Waals surface area (Å²) in [4.78, 5) is 14.8. The number of rotatable bonds is 3. The van der Waals surface area contributed by atoms with Gasteiger partial charge in [-0.1, -0.05) is 0 Å². The number of hydrogen-bond donors (Lipinski definition) is 1. The van der Waals surface area contributed by atoms with E-state index < -0.39 is 5.97 Å². The highest BCUT2D eigenvalue weighted by Crippen LogP contribution is 2.20. The summed E-state index contributed by atoms with van der Waals surface area (Å²) < 4.78 is 5.26. The first kappa shape index (κ1) is 10.9. The quantitative estimate of drug-likeness (QED) is 0.879. The van der Waals surface area contributed by atoms with Crippen LogP contribution in [0.1, 0.15) is 10.4 Å². The molecule has 0 aliphatic heterocycles. The van der Waals surface area contributed by atoms with Gasteiger partial charge in [0.1, 0.15) is 11.3 Å². The van der Waals surface area contributed by atoms with Gasteiger partial charge in [-0.2, -0.15) is 0 Å². The SMILES string of the molecule is O=C(O)c1cnc2ccc(OCBr)cc2c1. The van der Waals surface area contributed by atoms with Crippen molar-refractivity contribution >= 4 is 32.8 Å². The maximum atomic E-state index is 10.8. The molecule has 0 spiro atoms. The van der Waals surface area contributed by atoms with Gasteiger partial charge in [0.05, 0.1) is 11.1 Å². The Morgan fingerprint density at radius 3 is 2.94 bits per heavy atom. The van der Waals surface area contributed by atoms with E-state index in [9.17, 15) is 4.79 Å².